The van der Waals surface area contributed by atoms with Crippen LogP contribution in [0.5, 0.6) is 0 Å². The van der Waals surface area contributed by atoms with E-state index >= 15 is 0 Å². The first-order valence-electron chi connectivity index (χ1n) is 8.90. The molecule has 0 aliphatic rings. The summed E-state index contributed by atoms with van der Waals surface area (Å²) in [7, 11) is 0. The molecule has 0 aliphatic carbocycles. The highest BCUT2D eigenvalue weighted by Gasteiger charge is 2.13. The second-order valence-electron chi connectivity index (χ2n) is 6.51. The first kappa shape index (κ1) is 16.3. The number of aromatic nitrogens is 3. The largest absolute Gasteiger partial charge is 0.454 e. The van der Waals surface area contributed by atoms with Gasteiger partial charge in [0.25, 0.3) is 0 Å². The van der Waals surface area contributed by atoms with E-state index in [0.29, 0.717) is 28.8 Å². The van der Waals surface area contributed by atoms with Gasteiger partial charge in [-0.15, -0.1) is 0 Å². The fourth-order valence-corrected chi connectivity index (χ4v) is 3.38. The summed E-state index contributed by atoms with van der Waals surface area (Å²) in [6.07, 6.45) is 2.32. The molecule has 0 fully saturated rings. The molecule has 0 aliphatic heterocycles. The number of H-pyrrole nitrogens is 1. The number of nitrogens with one attached hydrogen (secondary N) is 1. The molecule has 2 N–H and O–H groups in total. The third-order valence-electron chi connectivity index (χ3n) is 4.70. The van der Waals surface area contributed by atoms with Crippen molar-refractivity contribution in [1.29, 1.82) is 0 Å². The fourth-order valence-electron chi connectivity index (χ4n) is 3.38. The lowest BCUT2D eigenvalue weighted by Gasteiger charge is -2.07. The molecular formula is C22H16N4O2. The first-order chi connectivity index (χ1) is 13.8. The Morgan fingerprint density at radius 1 is 1.00 bits per heavy atom. The summed E-state index contributed by atoms with van der Waals surface area (Å²) in [5.41, 5.74) is 4.99. The Labute approximate surface area is 159 Å². The second-order valence-corrected chi connectivity index (χ2v) is 6.51. The summed E-state index contributed by atoms with van der Waals surface area (Å²) in [6, 6.07) is 21.2. The van der Waals surface area contributed by atoms with Crippen LogP contribution in [0, 0.1) is 0 Å². The highest BCUT2D eigenvalue weighted by Crippen LogP contribution is 2.26. The Kier molecular flexibility index (Phi) is 3.87. The molecular weight excluding hydrogens is 352 g/mol. The summed E-state index contributed by atoms with van der Waals surface area (Å²) >= 11 is 0. The normalized spacial score (nSPS) is 12.1. The van der Waals surface area contributed by atoms with Crippen LogP contribution in [-0.2, 0) is 6.42 Å². The molecule has 3 aromatic heterocycles. The quantitative estimate of drug-likeness (QED) is 0.368. The topological polar surface area (TPSA) is 87.3 Å². The van der Waals surface area contributed by atoms with Gasteiger partial charge in [-0.2, -0.15) is 0 Å². The van der Waals surface area contributed by atoms with Crippen LogP contribution in [0.2, 0.25) is 0 Å². The second kappa shape index (κ2) is 6.66. The fraction of sp³-hybridized carbons (Fsp3) is 0.0455. The molecule has 5 aromatic rings. The van der Waals surface area contributed by atoms with E-state index in [9.17, 15) is 5.21 Å². The molecule has 0 radical (unpaired) electrons. The van der Waals surface area contributed by atoms with Crippen molar-refractivity contribution in [2.75, 3.05) is 0 Å². The molecule has 0 bridgehead atoms. The zero-order chi connectivity index (χ0) is 18.9. The Bertz CT molecular complexity index is 1350. The standard InChI is InChI=1S/C22H16N4O2/c27-26-16-12-21(28-20-9-5-4-8-15(16)20)17-11-18-22(24-13-23-18)19(25-17)10-14-6-2-1-3-7-14/h1-9,11-13,27H,10H2,(H,23,24). The number of pyridine rings is 1. The molecule has 5 rings (SSSR count). The SMILES string of the molecule is ON=c1cc(-c2cc3[nH]cnc3c(Cc3ccccc3)n2)oc2ccccc12. The highest BCUT2D eigenvalue weighted by molar-refractivity contribution is 5.82. The number of aromatic amines is 1. The number of benzene rings is 2. The monoisotopic (exact) mass is 368 g/mol. The van der Waals surface area contributed by atoms with E-state index < -0.39 is 0 Å². The van der Waals surface area contributed by atoms with Gasteiger partial charge in [-0.05, 0) is 23.8 Å². The lowest BCUT2D eigenvalue weighted by atomic mass is 10.1. The third kappa shape index (κ3) is 2.81. The molecule has 0 unspecified atom stereocenters. The predicted octanol–water partition coefficient (Wildman–Crippen LogP) is 4.25. The van der Waals surface area contributed by atoms with E-state index in [1.807, 2.05) is 48.5 Å². The number of rotatable bonds is 3. The van der Waals surface area contributed by atoms with Gasteiger partial charge in [-0.1, -0.05) is 47.6 Å². The Morgan fingerprint density at radius 3 is 2.68 bits per heavy atom. The summed E-state index contributed by atoms with van der Waals surface area (Å²) in [4.78, 5) is 12.4. The van der Waals surface area contributed by atoms with Crippen molar-refractivity contribution in [3.05, 3.63) is 89.7 Å². The molecule has 28 heavy (non-hydrogen) atoms. The number of imidazole rings is 1. The van der Waals surface area contributed by atoms with Gasteiger partial charge >= 0.3 is 0 Å². The van der Waals surface area contributed by atoms with E-state index in [4.69, 9.17) is 9.40 Å². The zero-order valence-corrected chi connectivity index (χ0v) is 14.8. The molecule has 6 heteroatoms. The minimum Gasteiger partial charge on any atom is -0.454 e. The van der Waals surface area contributed by atoms with Crippen molar-refractivity contribution in [2.24, 2.45) is 5.16 Å². The van der Waals surface area contributed by atoms with Crippen molar-refractivity contribution in [2.45, 2.75) is 6.42 Å². The van der Waals surface area contributed by atoms with Crippen LogP contribution in [0.15, 0.2) is 82.6 Å². The predicted molar refractivity (Wildman–Crippen MR) is 106 cm³/mol. The molecule has 3 heterocycles. The molecule has 0 atom stereocenters. The molecule has 136 valence electrons. The number of fused-ring (bicyclic) bond motifs is 2. The van der Waals surface area contributed by atoms with Crippen LogP contribution in [-0.4, -0.2) is 20.2 Å². The number of hydrogen-bond donors (Lipinski definition) is 2. The van der Waals surface area contributed by atoms with Gasteiger partial charge in [-0.3, -0.25) is 0 Å². The van der Waals surface area contributed by atoms with Crippen molar-refractivity contribution in [1.82, 2.24) is 15.0 Å². The van der Waals surface area contributed by atoms with Gasteiger partial charge in [0.15, 0.2) is 5.76 Å². The molecule has 6 nitrogen and oxygen atoms in total. The zero-order valence-electron chi connectivity index (χ0n) is 14.8. The molecule has 0 amide bonds. The average Bonchev–Trinajstić information content (AvgIpc) is 3.23. The highest BCUT2D eigenvalue weighted by atomic mass is 16.4. The molecule has 0 saturated heterocycles. The Morgan fingerprint density at radius 2 is 1.82 bits per heavy atom. The lowest BCUT2D eigenvalue weighted by Crippen LogP contribution is -2.04. The Hall–Kier alpha value is -3.93. The van der Waals surface area contributed by atoms with Gasteiger partial charge in [0.2, 0.25) is 0 Å². The van der Waals surface area contributed by atoms with Crippen molar-refractivity contribution >= 4 is 22.0 Å². The van der Waals surface area contributed by atoms with E-state index in [1.54, 1.807) is 12.4 Å². The maximum atomic E-state index is 9.44. The lowest BCUT2D eigenvalue weighted by molar-refractivity contribution is 0.302. The van der Waals surface area contributed by atoms with Crippen LogP contribution in [0.1, 0.15) is 11.3 Å². The molecule has 0 spiro atoms. The van der Waals surface area contributed by atoms with Crippen molar-refractivity contribution < 1.29 is 9.62 Å². The van der Waals surface area contributed by atoms with Crippen LogP contribution in [0.25, 0.3) is 33.5 Å². The van der Waals surface area contributed by atoms with Gasteiger partial charge in [-0.25, -0.2) is 9.97 Å². The average molecular weight is 368 g/mol. The third-order valence-corrected chi connectivity index (χ3v) is 4.70. The summed E-state index contributed by atoms with van der Waals surface area (Å²) in [5, 5.41) is 14.0. The van der Waals surface area contributed by atoms with Crippen molar-refractivity contribution in [3.63, 3.8) is 0 Å². The molecule has 0 saturated carbocycles. The van der Waals surface area contributed by atoms with Gasteiger partial charge in [0.1, 0.15) is 22.2 Å². The molecule has 2 aromatic carbocycles. The maximum Gasteiger partial charge on any atom is 0.155 e. The van der Waals surface area contributed by atoms with Crippen LogP contribution < -0.4 is 5.36 Å². The van der Waals surface area contributed by atoms with E-state index in [0.717, 1.165) is 27.7 Å². The maximum absolute atomic E-state index is 9.44. The minimum atomic E-state index is 0.438. The van der Waals surface area contributed by atoms with Gasteiger partial charge < -0.3 is 14.6 Å². The Balaban J connectivity index is 1.71. The van der Waals surface area contributed by atoms with Crippen molar-refractivity contribution in [3.8, 4) is 11.5 Å². The summed E-state index contributed by atoms with van der Waals surface area (Å²) in [5.74, 6) is 0.525. The smallest absolute Gasteiger partial charge is 0.155 e. The van der Waals surface area contributed by atoms with Crippen LogP contribution >= 0.6 is 0 Å². The number of nitrogens with zero attached hydrogens (tertiary/aromatic N) is 3. The van der Waals surface area contributed by atoms with E-state index in [-0.39, 0.29) is 0 Å². The van der Waals surface area contributed by atoms with Gasteiger partial charge in [0, 0.05) is 17.9 Å². The van der Waals surface area contributed by atoms with Gasteiger partial charge in [0.05, 0.1) is 17.5 Å². The minimum absolute atomic E-state index is 0.438. The summed E-state index contributed by atoms with van der Waals surface area (Å²) < 4.78 is 6.05. The van der Waals surface area contributed by atoms with E-state index in [1.165, 1.54) is 0 Å². The van der Waals surface area contributed by atoms with Crippen LogP contribution in [0.3, 0.4) is 0 Å². The summed E-state index contributed by atoms with van der Waals surface area (Å²) in [6.45, 7) is 0. The number of hydrogen-bond acceptors (Lipinski definition) is 5. The van der Waals surface area contributed by atoms with E-state index in [2.05, 4.69) is 27.3 Å². The number of para-hydroxylation sites is 1. The first-order valence-corrected chi connectivity index (χ1v) is 8.90. The van der Waals surface area contributed by atoms with Crippen LogP contribution in [0.4, 0.5) is 0 Å².